The van der Waals surface area contributed by atoms with Crippen molar-refractivity contribution in [1.29, 1.82) is 0 Å². The molecule has 2 aromatic heterocycles. The average Bonchev–Trinajstić information content (AvgIpc) is 2.58. The van der Waals surface area contributed by atoms with E-state index in [0.29, 0.717) is 0 Å². The molecule has 2 rings (SSSR count). The summed E-state index contributed by atoms with van der Waals surface area (Å²) in [6.07, 6.45) is 0. The maximum atomic E-state index is 4.36. The Morgan fingerprint density at radius 1 is 1.42 bits per heavy atom. The topological polar surface area (TPSA) is 12.9 Å². The van der Waals surface area contributed by atoms with Crippen molar-refractivity contribution in [2.75, 3.05) is 0 Å². The third-order valence-electron chi connectivity index (χ3n) is 1.53. The zero-order chi connectivity index (χ0) is 8.55. The molecule has 0 amide bonds. The Labute approximate surface area is 87.2 Å². The second kappa shape index (κ2) is 3.28. The van der Waals surface area contributed by atoms with E-state index in [0.717, 1.165) is 9.61 Å². The van der Waals surface area contributed by atoms with E-state index in [1.165, 1.54) is 10.4 Å². The highest BCUT2D eigenvalue weighted by molar-refractivity contribution is 9.10. The Kier molecular flexibility index (Phi) is 2.30. The van der Waals surface area contributed by atoms with Gasteiger partial charge in [0, 0.05) is 5.38 Å². The third-order valence-corrected chi connectivity index (χ3v) is 4.25. The molecule has 0 aromatic carbocycles. The maximum Gasteiger partial charge on any atom is 0.134 e. The summed E-state index contributed by atoms with van der Waals surface area (Å²) >= 11 is 6.76. The maximum absolute atomic E-state index is 4.36. The number of hydrogen-bond donors (Lipinski definition) is 0. The van der Waals surface area contributed by atoms with Gasteiger partial charge in [-0.05, 0) is 39.9 Å². The van der Waals surface area contributed by atoms with Crippen molar-refractivity contribution in [2.45, 2.75) is 6.92 Å². The molecule has 0 saturated carbocycles. The van der Waals surface area contributed by atoms with Gasteiger partial charge in [0.05, 0.1) is 4.88 Å². The summed E-state index contributed by atoms with van der Waals surface area (Å²) in [5.41, 5.74) is 1.31. The van der Waals surface area contributed by atoms with Gasteiger partial charge in [-0.25, -0.2) is 4.98 Å². The fourth-order valence-electron chi connectivity index (χ4n) is 0.950. The molecule has 0 saturated heterocycles. The van der Waals surface area contributed by atoms with Crippen LogP contribution in [0.3, 0.4) is 0 Å². The average molecular weight is 260 g/mol. The first-order valence-corrected chi connectivity index (χ1v) is 5.98. The second-order valence-electron chi connectivity index (χ2n) is 2.41. The van der Waals surface area contributed by atoms with Crippen LogP contribution in [0.5, 0.6) is 0 Å². The summed E-state index contributed by atoms with van der Waals surface area (Å²) in [7, 11) is 0. The number of aryl methyl sites for hydroxylation is 1. The number of thiazole rings is 1. The Hall–Kier alpha value is -0.190. The number of rotatable bonds is 1. The van der Waals surface area contributed by atoms with Gasteiger partial charge in [-0.15, -0.1) is 22.7 Å². The lowest BCUT2D eigenvalue weighted by Crippen LogP contribution is -1.72. The lowest BCUT2D eigenvalue weighted by atomic mass is 10.3. The van der Waals surface area contributed by atoms with Crippen LogP contribution in [0.25, 0.3) is 9.88 Å². The van der Waals surface area contributed by atoms with E-state index in [4.69, 9.17) is 0 Å². The van der Waals surface area contributed by atoms with E-state index in [9.17, 15) is 0 Å². The van der Waals surface area contributed by atoms with Crippen molar-refractivity contribution < 1.29 is 0 Å². The van der Waals surface area contributed by atoms with Crippen molar-refractivity contribution in [3.8, 4) is 9.88 Å². The molecule has 0 unspecified atom stereocenters. The molecule has 2 aromatic rings. The van der Waals surface area contributed by atoms with Crippen LogP contribution in [-0.2, 0) is 0 Å². The van der Waals surface area contributed by atoms with E-state index >= 15 is 0 Å². The standard InChI is InChI=1S/C8H6BrNS2/c1-5-2-3-11-7(5)8-10-6(9)4-12-8/h2-4H,1H3. The molecule has 0 N–H and O–H groups in total. The summed E-state index contributed by atoms with van der Waals surface area (Å²) in [6, 6.07) is 2.12. The molecule has 1 nitrogen and oxygen atoms in total. The van der Waals surface area contributed by atoms with Gasteiger partial charge in [-0.3, -0.25) is 0 Å². The van der Waals surface area contributed by atoms with Gasteiger partial charge in [0.1, 0.15) is 9.61 Å². The van der Waals surface area contributed by atoms with Crippen LogP contribution in [-0.4, -0.2) is 4.98 Å². The smallest absolute Gasteiger partial charge is 0.134 e. The first-order valence-electron chi connectivity index (χ1n) is 3.43. The second-order valence-corrected chi connectivity index (χ2v) is 4.99. The Morgan fingerprint density at radius 3 is 2.75 bits per heavy atom. The molecular weight excluding hydrogens is 254 g/mol. The minimum absolute atomic E-state index is 0.926. The van der Waals surface area contributed by atoms with E-state index in [-0.39, 0.29) is 0 Å². The summed E-state index contributed by atoms with van der Waals surface area (Å²) in [5, 5.41) is 5.21. The molecule has 0 bridgehead atoms. The van der Waals surface area contributed by atoms with E-state index in [2.05, 4.69) is 39.3 Å². The summed E-state index contributed by atoms with van der Waals surface area (Å²) < 4.78 is 0.926. The Bertz CT molecular complexity index is 391. The molecule has 0 aliphatic heterocycles. The highest BCUT2D eigenvalue weighted by atomic mass is 79.9. The normalized spacial score (nSPS) is 10.5. The Balaban J connectivity index is 2.50. The van der Waals surface area contributed by atoms with Gasteiger partial charge < -0.3 is 0 Å². The number of hydrogen-bond acceptors (Lipinski definition) is 3. The molecular formula is C8H6BrNS2. The monoisotopic (exact) mass is 259 g/mol. The molecule has 0 radical (unpaired) electrons. The van der Waals surface area contributed by atoms with Gasteiger partial charge >= 0.3 is 0 Å². The number of aromatic nitrogens is 1. The first-order chi connectivity index (χ1) is 5.77. The van der Waals surface area contributed by atoms with Crippen LogP contribution in [0.1, 0.15) is 5.56 Å². The first kappa shape index (κ1) is 8.41. The van der Waals surface area contributed by atoms with Crippen LogP contribution in [0.4, 0.5) is 0 Å². The van der Waals surface area contributed by atoms with E-state index in [1.807, 2.05) is 5.38 Å². The molecule has 0 atom stereocenters. The van der Waals surface area contributed by atoms with Crippen molar-refractivity contribution in [2.24, 2.45) is 0 Å². The van der Waals surface area contributed by atoms with Gasteiger partial charge in [-0.2, -0.15) is 0 Å². The molecule has 0 spiro atoms. The molecule has 0 aliphatic rings. The molecule has 62 valence electrons. The zero-order valence-corrected chi connectivity index (χ0v) is 9.59. The fraction of sp³-hybridized carbons (Fsp3) is 0.125. The minimum Gasteiger partial charge on any atom is -0.228 e. The van der Waals surface area contributed by atoms with Crippen LogP contribution >= 0.6 is 38.6 Å². The highest BCUT2D eigenvalue weighted by Gasteiger charge is 2.06. The number of halogens is 1. The molecule has 4 heteroatoms. The fourth-order valence-corrected chi connectivity index (χ4v) is 3.30. The lowest BCUT2D eigenvalue weighted by Gasteiger charge is -1.90. The summed E-state index contributed by atoms with van der Waals surface area (Å²) in [4.78, 5) is 5.64. The molecule has 12 heavy (non-hydrogen) atoms. The van der Waals surface area contributed by atoms with Crippen molar-refractivity contribution >= 4 is 38.6 Å². The van der Waals surface area contributed by atoms with Crippen LogP contribution in [0, 0.1) is 6.92 Å². The SMILES string of the molecule is Cc1ccsc1-c1nc(Br)cs1. The highest BCUT2D eigenvalue weighted by Crippen LogP contribution is 2.32. The van der Waals surface area contributed by atoms with Crippen molar-refractivity contribution in [3.63, 3.8) is 0 Å². The minimum atomic E-state index is 0.926. The van der Waals surface area contributed by atoms with Crippen LogP contribution < -0.4 is 0 Å². The van der Waals surface area contributed by atoms with Gasteiger partial charge in [0.2, 0.25) is 0 Å². The predicted molar refractivity (Wildman–Crippen MR) is 57.9 cm³/mol. The quantitative estimate of drug-likeness (QED) is 0.756. The third kappa shape index (κ3) is 1.46. The van der Waals surface area contributed by atoms with Gasteiger partial charge in [-0.1, -0.05) is 0 Å². The zero-order valence-electron chi connectivity index (χ0n) is 6.37. The summed E-state index contributed by atoms with van der Waals surface area (Å²) in [6.45, 7) is 2.11. The van der Waals surface area contributed by atoms with E-state index < -0.39 is 0 Å². The number of thiophene rings is 1. The lowest BCUT2D eigenvalue weighted by molar-refractivity contribution is 1.36. The van der Waals surface area contributed by atoms with E-state index in [1.54, 1.807) is 22.7 Å². The Morgan fingerprint density at radius 2 is 2.25 bits per heavy atom. The van der Waals surface area contributed by atoms with Crippen molar-refractivity contribution in [1.82, 2.24) is 4.98 Å². The van der Waals surface area contributed by atoms with Gasteiger partial charge in [0.25, 0.3) is 0 Å². The predicted octanol–water partition coefficient (Wildman–Crippen LogP) is 3.94. The van der Waals surface area contributed by atoms with Crippen LogP contribution in [0.15, 0.2) is 21.4 Å². The van der Waals surface area contributed by atoms with Crippen LogP contribution in [0.2, 0.25) is 0 Å². The molecule has 0 aliphatic carbocycles. The molecule has 2 heterocycles. The largest absolute Gasteiger partial charge is 0.228 e. The van der Waals surface area contributed by atoms with Crippen molar-refractivity contribution in [3.05, 3.63) is 27.0 Å². The summed E-state index contributed by atoms with van der Waals surface area (Å²) in [5.74, 6) is 0. The molecule has 0 fully saturated rings. The van der Waals surface area contributed by atoms with Gasteiger partial charge in [0.15, 0.2) is 0 Å². The number of nitrogens with zero attached hydrogens (tertiary/aromatic N) is 1.